The molecule has 1 saturated carbocycles. The number of aryl methyl sites for hydroxylation is 1. The van der Waals surface area contributed by atoms with Gasteiger partial charge in [0.05, 0.1) is 9.88 Å². The normalized spacial score (nSPS) is 22.7. The minimum Gasteiger partial charge on any atom is -0.317 e. The van der Waals surface area contributed by atoms with Gasteiger partial charge in [0, 0.05) is 18.3 Å². The summed E-state index contributed by atoms with van der Waals surface area (Å²) in [7, 11) is 0. The van der Waals surface area contributed by atoms with Crippen molar-refractivity contribution in [3.05, 3.63) is 29.3 Å². The molecular formula is C13H16N2OS. The molecule has 4 heteroatoms. The van der Waals surface area contributed by atoms with E-state index in [1.54, 1.807) is 17.6 Å². The van der Waals surface area contributed by atoms with Crippen molar-refractivity contribution in [2.75, 3.05) is 5.32 Å². The lowest BCUT2D eigenvalue weighted by molar-refractivity contribution is -0.117. The summed E-state index contributed by atoms with van der Waals surface area (Å²) in [5, 5.41) is 3.86. The SMILES string of the molecule is C=C/N=C\c1sc(NC(=O)C2CC2C)cc1C. The van der Waals surface area contributed by atoms with Crippen LogP contribution in [0.1, 0.15) is 23.8 Å². The van der Waals surface area contributed by atoms with E-state index in [-0.39, 0.29) is 11.8 Å². The molecule has 1 amide bonds. The molecular weight excluding hydrogens is 232 g/mol. The third kappa shape index (κ3) is 2.82. The highest BCUT2D eigenvalue weighted by molar-refractivity contribution is 7.18. The molecule has 1 heterocycles. The Morgan fingerprint density at radius 3 is 3.00 bits per heavy atom. The minimum absolute atomic E-state index is 0.144. The van der Waals surface area contributed by atoms with Crippen molar-refractivity contribution in [1.29, 1.82) is 0 Å². The van der Waals surface area contributed by atoms with E-state index in [4.69, 9.17) is 0 Å². The number of thiophene rings is 1. The lowest BCUT2D eigenvalue weighted by Crippen LogP contribution is -2.13. The highest BCUT2D eigenvalue weighted by atomic mass is 32.1. The van der Waals surface area contributed by atoms with Gasteiger partial charge < -0.3 is 5.32 Å². The second-order valence-electron chi connectivity index (χ2n) is 4.43. The van der Waals surface area contributed by atoms with Gasteiger partial charge in [-0.2, -0.15) is 0 Å². The van der Waals surface area contributed by atoms with Crippen LogP contribution in [0.4, 0.5) is 5.00 Å². The molecule has 0 bridgehead atoms. The van der Waals surface area contributed by atoms with Gasteiger partial charge in [-0.05, 0) is 30.9 Å². The maximum absolute atomic E-state index is 11.8. The number of hydrogen-bond acceptors (Lipinski definition) is 3. The van der Waals surface area contributed by atoms with E-state index in [1.807, 2.05) is 13.0 Å². The molecule has 2 atom stereocenters. The number of nitrogens with one attached hydrogen (secondary N) is 1. The smallest absolute Gasteiger partial charge is 0.228 e. The van der Waals surface area contributed by atoms with E-state index in [9.17, 15) is 4.79 Å². The maximum atomic E-state index is 11.8. The lowest BCUT2D eigenvalue weighted by atomic mass is 10.3. The van der Waals surface area contributed by atoms with Crippen LogP contribution in [0.5, 0.6) is 0 Å². The van der Waals surface area contributed by atoms with Crippen LogP contribution < -0.4 is 5.32 Å². The Hall–Kier alpha value is -1.42. The second-order valence-corrected chi connectivity index (χ2v) is 5.51. The second kappa shape index (κ2) is 4.84. The monoisotopic (exact) mass is 248 g/mol. The summed E-state index contributed by atoms with van der Waals surface area (Å²) in [6.07, 6.45) is 4.28. The Bertz CT molecular complexity index is 476. The first-order valence-corrected chi connectivity index (χ1v) is 6.49. The van der Waals surface area contributed by atoms with Crippen LogP contribution in [0.3, 0.4) is 0 Å². The van der Waals surface area contributed by atoms with Crippen LogP contribution in [-0.2, 0) is 4.79 Å². The van der Waals surface area contributed by atoms with Gasteiger partial charge in [-0.15, -0.1) is 11.3 Å². The van der Waals surface area contributed by atoms with E-state index >= 15 is 0 Å². The molecule has 0 spiro atoms. The van der Waals surface area contributed by atoms with Gasteiger partial charge in [-0.25, -0.2) is 0 Å². The first-order valence-electron chi connectivity index (χ1n) is 5.67. The zero-order chi connectivity index (χ0) is 12.4. The average molecular weight is 248 g/mol. The summed E-state index contributed by atoms with van der Waals surface area (Å²) in [5.41, 5.74) is 1.12. The zero-order valence-corrected chi connectivity index (χ0v) is 10.9. The zero-order valence-electron chi connectivity index (χ0n) is 10.1. The molecule has 90 valence electrons. The summed E-state index contributed by atoms with van der Waals surface area (Å²) < 4.78 is 0. The van der Waals surface area contributed by atoms with Gasteiger partial charge in [0.1, 0.15) is 0 Å². The quantitative estimate of drug-likeness (QED) is 0.817. The van der Waals surface area contributed by atoms with Crippen LogP contribution in [-0.4, -0.2) is 12.1 Å². The number of nitrogens with zero attached hydrogens (tertiary/aromatic N) is 1. The molecule has 0 saturated heterocycles. The van der Waals surface area contributed by atoms with Gasteiger partial charge in [-0.1, -0.05) is 13.5 Å². The largest absolute Gasteiger partial charge is 0.317 e. The summed E-state index contributed by atoms with van der Waals surface area (Å²) in [4.78, 5) is 16.8. The Balaban J connectivity index is 2.04. The van der Waals surface area contributed by atoms with Crippen molar-refractivity contribution in [3.63, 3.8) is 0 Å². The summed E-state index contributed by atoms with van der Waals surface area (Å²) in [6, 6.07) is 1.99. The molecule has 2 unspecified atom stereocenters. The molecule has 0 radical (unpaired) electrons. The number of aliphatic imine (C=N–C) groups is 1. The molecule has 0 aliphatic heterocycles. The molecule has 1 aliphatic carbocycles. The highest BCUT2D eigenvalue weighted by Crippen LogP contribution is 2.39. The van der Waals surface area contributed by atoms with Crippen LogP contribution in [0.15, 0.2) is 23.8 Å². The Kier molecular flexibility index (Phi) is 3.43. The van der Waals surface area contributed by atoms with Gasteiger partial charge in [0.2, 0.25) is 5.91 Å². The molecule has 17 heavy (non-hydrogen) atoms. The summed E-state index contributed by atoms with van der Waals surface area (Å²) >= 11 is 1.55. The summed E-state index contributed by atoms with van der Waals surface area (Å²) in [6.45, 7) is 7.65. The van der Waals surface area contributed by atoms with Gasteiger partial charge in [-0.3, -0.25) is 9.79 Å². The summed E-state index contributed by atoms with van der Waals surface area (Å²) in [5.74, 6) is 0.895. The lowest BCUT2D eigenvalue weighted by Gasteiger charge is -1.99. The third-order valence-electron chi connectivity index (χ3n) is 2.95. The number of hydrogen-bond donors (Lipinski definition) is 1. The first-order chi connectivity index (χ1) is 8.11. The number of carbonyl (C=O) groups is 1. The predicted molar refractivity (Wildman–Crippen MR) is 72.7 cm³/mol. The van der Waals surface area contributed by atoms with Crippen molar-refractivity contribution in [1.82, 2.24) is 0 Å². The van der Waals surface area contributed by atoms with Crippen LogP contribution in [0.25, 0.3) is 0 Å². The third-order valence-corrected chi connectivity index (χ3v) is 4.03. The van der Waals surface area contributed by atoms with Crippen molar-refractivity contribution in [2.45, 2.75) is 20.3 Å². The maximum Gasteiger partial charge on any atom is 0.228 e. The van der Waals surface area contributed by atoms with Gasteiger partial charge in [0.15, 0.2) is 0 Å². The molecule has 3 nitrogen and oxygen atoms in total. The fourth-order valence-electron chi connectivity index (χ4n) is 1.71. The highest BCUT2D eigenvalue weighted by Gasteiger charge is 2.39. The van der Waals surface area contributed by atoms with Crippen LogP contribution in [0, 0.1) is 18.8 Å². The van der Waals surface area contributed by atoms with Crippen LogP contribution >= 0.6 is 11.3 Å². The van der Waals surface area contributed by atoms with Gasteiger partial charge in [0.25, 0.3) is 0 Å². The molecule has 1 aromatic heterocycles. The topological polar surface area (TPSA) is 41.5 Å². The number of carbonyl (C=O) groups excluding carboxylic acids is 1. The van der Waals surface area contributed by atoms with Crippen molar-refractivity contribution in [3.8, 4) is 0 Å². The Labute approximate surface area is 105 Å². The Morgan fingerprint density at radius 1 is 1.71 bits per heavy atom. The number of amides is 1. The average Bonchev–Trinajstić information content (AvgIpc) is 2.91. The molecule has 1 aromatic rings. The van der Waals surface area contributed by atoms with Gasteiger partial charge >= 0.3 is 0 Å². The van der Waals surface area contributed by atoms with E-state index in [2.05, 4.69) is 23.8 Å². The van der Waals surface area contributed by atoms with E-state index < -0.39 is 0 Å². The van der Waals surface area contributed by atoms with Crippen molar-refractivity contribution < 1.29 is 4.79 Å². The fraction of sp³-hybridized carbons (Fsp3) is 0.385. The standard InChI is InChI=1S/C13H16N2OS/c1-4-14-7-11-9(3)6-12(17-11)15-13(16)10-5-8(10)2/h4,6-8,10H,1,5H2,2-3H3,(H,15,16)/b14-7-. The number of anilines is 1. The fourth-order valence-corrected chi connectivity index (χ4v) is 2.67. The first kappa shape index (κ1) is 12.0. The minimum atomic E-state index is 0.144. The predicted octanol–water partition coefficient (Wildman–Crippen LogP) is 3.21. The van der Waals surface area contributed by atoms with Crippen molar-refractivity contribution >= 4 is 28.5 Å². The van der Waals surface area contributed by atoms with E-state index in [0.29, 0.717) is 5.92 Å². The molecule has 0 aromatic carbocycles. The van der Waals surface area contributed by atoms with E-state index in [0.717, 1.165) is 21.9 Å². The van der Waals surface area contributed by atoms with E-state index in [1.165, 1.54) is 6.20 Å². The molecule has 2 rings (SSSR count). The van der Waals surface area contributed by atoms with Crippen molar-refractivity contribution in [2.24, 2.45) is 16.8 Å². The van der Waals surface area contributed by atoms with Crippen LogP contribution in [0.2, 0.25) is 0 Å². The molecule has 1 fully saturated rings. The molecule has 1 aliphatic rings. The Morgan fingerprint density at radius 2 is 2.41 bits per heavy atom. The number of rotatable bonds is 4. The molecule has 1 N–H and O–H groups in total.